The molecule has 0 aliphatic rings. The van der Waals surface area contributed by atoms with E-state index in [0.717, 1.165) is 12.2 Å². The quantitative estimate of drug-likeness (QED) is 0.879. The summed E-state index contributed by atoms with van der Waals surface area (Å²) in [6.45, 7) is 6.83. The van der Waals surface area contributed by atoms with Gasteiger partial charge in [-0.05, 0) is 25.0 Å². The van der Waals surface area contributed by atoms with E-state index in [1.54, 1.807) is 19.2 Å². The standard InChI is InChI=1S/C14H20N6O/c1-5-15-12-7-10(6-11(18-12)9(2)3)13(21)19-14-16-8-17-20(14)4/h6-9H,5H2,1-4H3,(H,15,18)(H,16,17,19,21). The number of amides is 1. The van der Waals surface area contributed by atoms with Crippen LogP contribution in [0, 0.1) is 0 Å². The van der Waals surface area contributed by atoms with E-state index in [4.69, 9.17) is 0 Å². The maximum absolute atomic E-state index is 12.3. The van der Waals surface area contributed by atoms with E-state index in [1.165, 1.54) is 11.0 Å². The Bertz CT molecular complexity index is 634. The maximum Gasteiger partial charge on any atom is 0.258 e. The van der Waals surface area contributed by atoms with Gasteiger partial charge in [-0.2, -0.15) is 10.1 Å². The van der Waals surface area contributed by atoms with E-state index >= 15 is 0 Å². The number of rotatable bonds is 5. The molecule has 7 nitrogen and oxygen atoms in total. The van der Waals surface area contributed by atoms with Crippen LogP contribution in [-0.2, 0) is 7.05 Å². The first kappa shape index (κ1) is 15.0. The second-order valence-corrected chi connectivity index (χ2v) is 5.01. The minimum absolute atomic E-state index is 0.227. The van der Waals surface area contributed by atoms with Gasteiger partial charge in [-0.1, -0.05) is 13.8 Å². The highest BCUT2D eigenvalue weighted by Gasteiger charge is 2.13. The Kier molecular flexibility index (Phi) is 4.52. The number of carbonyl (C=O) groups is 1. The number of nitrogens with one attached hydrogen (secondary N) is 2. The second kappa shape index (κ2) is 6.34. The van der Waals surface area contributed by atoms with E-state index in [9.17, 15) is 4.79 Å². The third-order valence-electron chi connectivity index (χ3n) is 2.99. The Morgan fingerprint density at radius 2 is 2.14 bits per heavy atom. The molecule has 21 heavy (non-hydrogen) atoms. The van der Waals surface area contributed by atoms with Gasteiger partial charge in [0, 0.05) is 24.8 Å². The molecule has 2 N–H and O–H groups in total. The number of aromatic nitrogens is 4. The number of pyridine rings is 1. The molecule has 0 saturated heterocycles. The molecule has 112 valence electrons. The normalized spacial score (nSPS) is 10.7. The molecule has 0 aliphatic heterocycles. The van der Waals surface area contributed by atoms with Gasteiger partial charge in [0.25, 0.3) is 5.91 Å². The minimum Gasteiger partial charge on any atom is -0.370 e. The predicted molar refractivity (Wildman–Crippen MR) is 81.4 cm³/mol. The fraction of sp³-hybridized carbons (Fsp3) is 0.429. The van der Waals surface area contributed by atoms with Crippen molar-refractivity contribution in [2.45, 2.75) is 26.7 Å². The van der Waals surface area contributed by atoms with Crippen molar-refractivity contribution in [1.82, 2.24) is 19.7 Å². The van der Waals surface area contributed by atoms with Crippen LogP contribution in [0.2, 0.25) is 0 Å². The van der Waals surface area contributed by atoms with Gasteiger partial charge in [-0.15, -0.1) is 0 Å². The number of nitrogens with zero attached hydrogens (tertiary/aromatic N) is 4. The van der Waals surface area contributed by atoms with Crippen molar-refractivity contribution in [3.63, 3.8) is 0 Å². The molecule has 0 aromatic carbocycles. The van der Waals surface area contributed by atoms with Crippen molar-refractivity contribution >= 4 is 17.7 Å². The van der Waals surface area contributed by atoms with Crippen LogP contribution in [0.1, 0.15) is 42.7 Å². The smallest absolute Gasteiger partial charge is 0.258 e. The molecule has 0 saturated carbocycles. The van der Waals surface area contributed by atoms with Gasteiger partial charge in [0.1, 0.15) is 12.1 Å². The van der Waals surface area contributed by atoms with E-state index in [-0.39, 0.29) is 11.8 Å². The highest BCUT2D eigenvalue weighted by molar-refractivity contribution is 6.03. The highest BCUT2D eigenvalue weighted by Crippen LogP contribution is 2.18. The molecular formula is C14H20N6O. The molecule has 2 aromatic heterocycles. The monoisotopic (exact) mass is 288 g/mol. The van der Waals surface area contributed by atoms with Crippen LogP contribution in [0.25, 0.3) is 0 Å². The van der Waals surface area contributed by atoms with Crippen molar-refractivity contribution in [2.75, 3.05) is 17.2 Å². The van der Waals surface area contributed by atoms with Crippen molar-refractivity contribution in [3.8, 4) is 0 Å². The molecule has 0 bridgehead atoms. The lowest BCUT2D eigenvalue weighted by Crippen LogP contribution is -2.17. The third kappa shape index (κ3) is 3.56. The zero-order valence-electron chi connectivity index (χ0n) is 12.7. The SMILES string of the molecule is CCNc1cc(C(=O)Nc2ncnn2C)cc(C(C)C)n1. The fourth-order valence-electron chi connectivity index (χ4n) is 1.83. The summed E-state index contributed by atoms with van der Waals surface area (Å²) >= 11 is 0. The summed E-state index contributed by atoms with van der Waals surface area (Å²) in [5, 5.41) is 9.80. The average Bonchev–Trinajstić information content (AvgIpc) is 2.84. The topological polar surface area (TPSA) is 84.7 Å². The molecule has 0 aliphatic carbocycles. The Morgan fingerprint density at radius 3 is 2.71 bits per heavy atom. The van der Waals surface area contributed by atoms with Crippen LogP contribution >= 0.6 is 0 Å². The molecule has 0 spiro atoms. The number of hydrogen-bond donors (Lipinski definition) is 2. The highest BCUT2D eigenvalue weighted by atomic mass is 16.1. The summed E-state index contributed by atoms with van der Waals surface area (Å²) in [6, 6.07) is 3.54. The van der Waals surface area contributed by atoms with E-state index < -0.39 is 0 Å². The molecular weight excluding hydrogens is 268 g/mol. The number of carbonyl (C=O) groups excluding carboxylic acids is 1. The number of hydrogen-bond acceptors (Lipinski definition) is 5. The maximum atomic E-state index is 12.3. The molecule has 2 rings (SSSR count). The molecule has 7 heteroatoms. The van der Waals surface area contributed by atoms with Crippen molar-refractivity contribution in [3.05, 3.63) is 29.7 Å². The van der Waals surface area contributed by atoms with Gasteiger partial charge in [-0.3, -0.25) is 10.1 Å². The van der Waals surface area contributed by atoms with Gasteiger partial charge in [0.15, 0.2) is 0 Å². The summed E-state index contributed by atoms with van der Waals surface area (Å²) in [5.41, 5.74) is 1.42. The largest absolute Gasteiger partial charge is 0.370 e. The third-order valence-corrected chi connectivity index (χ3v) is 2.99. The molecule has 2 aromatic rings. The van der Waals surface area contributed by atoms with Crippen molar-refractivity contribution < 1.29 is 4.79 Å². The summed E-state index contributed by atoms with van der Waals surface area (Å²) < 4.78 is 1.51. The van der Waals surface area contributed by atoms with Crippen LogP contribution in [0.3, 0.4) is 0 Å². The Hall–Kier alpha value is -2.44. The molecule has 0 unspecified atom stereocenters. The summed E-state index contributed by atoms with van der Waals surface area (Å²) in [4.78, 5) is 20.8. The van der Waals surface area contributed by atoms with Crippen LogP contribution in [0.15, 0.2) is 18.5 Å². The predicted octanol–water partition coefficient (Wildman–Crippen LogP) is 2.02. The van der Waals surface area contributed by atoms with Gasteiger partial charge in [0.2, 0.25) is 5.95 Å². The van der Waals surface area contributed by atoms with E-state index in [1.807, 2.05) is 20.8 Å². The molecule has 2 heterocycles. The van der Waals surface area contributed by atoms with Crippen LogP contribution < -0.4 is 10.6 Å². The first-order chi connectivity index (χ1) is 10.0. The first-order valence-corrected chi connectivity index (χ1v) is 6.92. The molecule has 1 amide bonds. The van der Waals surface area contributed by atoms with Gasteiger partial charge < -0.3 is 5.32 Å². The van der Waals surface area contributed by atoms with Crippen molar-refractivity contribution in [2.24, 2.45) is 7.05 Å². The average molecular weight is 288 g/mol. The summed E-state index contributed by atoms with van der Waals surface area (Å²) in [5.74, 6) is 1.12. The van der Waals surface area contributed by atoms with Crippen LogP contribution in [0.5, 0.6) is 0 Å². The van der Waals surface area contributed by atoms with Crippen LogP contribution in [0.4, 0.5) is 11.8 Å². The van der Waals surface area contributed by atoms with Crippen molar-refractivity contribution in [1.29, 1.82) is 0 Å². The zero-order valence-corrected chi connectivity index (χ0v) is 12.7. The minimum atomic E-state index is -0.227. The summed E-state index contributed by atoms with van der Waals surface area (Å²) in [7, 11) is 1.72. The second-order valence-electron chi connectivity index (χ2n) is 5.01. The Labute approximate surface area is 123 Å². The lowest BCUT2D eigenvalue weighted by Gasteiger charge is -2.11. The molecule has 0 radical (unpaired) electrons. The van der Waals surface area contributed by atoms with Crippen LogP contribution in [-0.4, -0.2) is 32.2 Å². The van der Waals surface area contributed by atoms with Gasteiger partial charge in [-0.25, -0.2) is 9.67 Å². The Morgan fingerprint density at radius 1 is 1.38 bits per heavy atom. The lowest BCUT2D eigenvalue weighted by atomic mass is 10.1. The van der Waals surface area contributed by atoms with Gasteiger partial charge >= 0.3 is 0 Å². The van der Waals surface area contributed by atoms with E-state index in [2.05, 4.69) is 25.7 Å². The molecule has 0 atom stereocenters. The Balaban J connectivity index is 2.29. The fourth-order valence-corrected chi connectivity index (χ4v) is 1.83. The van der Waals surface area contributed by atoms with Gasteiger partial charge in [0.05, 0.1) is 0 Å². The number of anilines is 2. The lowest BCUT2D eigenvalue weighted by molar-refractivity contribution is 0.102. The molecule has 0 fully saturated rings. The zero-order chi connectivity index (χ0) is 15.4. The first-order valence-electron chi connectivity index (χ1n) is 6.92. The number of aryl methyl sites for hydroxylation is 1. The van der Waals surface area contributed by atoms with E-state index in [0.29, 0.717) is 17.3 Å². The summed E-state index contributed by atoms with van der Waals surface area (Å²) in [6.07, 6.45) is 1.39.